The molecule has 1 N–H and O–H groups in total. The molecule has 17 heavy (non-hydrogen) atoms. The fraction of sp³-hybridized carbons (Fsp3) is 0.0909. The number of ether oxygens (including phenoxy) is 1. The van der Waals surface area contributed by atoms with Crippen LogP contribution in [0.3, 0.4) is 0 Å². The average molecular weight is 227 g/mol. The zero-order valence-corrected chi connectivity index (χ0v) is 9.08. The lowest BCUT2D eigenvalue weighted by molar-refractivity contribution is 0.413. The summed E-state index contributed by atoms with van der Waals surface area (Å²) in [6.45, 7) is 0. The fourth-order valence-corrected chi connectivity index (χ4v) is 1.53. The molecular weight excluding hydrogens is 218 g/mol. The molecule has 0 unspecified atom stereocenters. The largest absolute Gasteiger partial charge is 0.495 e. The van der Waals surface area contributed by atoms with Gasteiger partial charge in [-0.05, 0) is 6.07 Å². The molecule has 0 radical (unpaired) electrons. The number of nitrogens with one attached hydrogen (secondary N) is 1. The molecule has 0 saturated carbocycles. The van der Waals surface area contributed by atoms with Crippen LogP contribution >= 0.6 is 0 Å². The minimum absolute atomic E-state index is 0.591. The van der Waals surface area contributed by atoms with Crippen molar-refractivity contribution < 1.29 is 4.74 Å². The van der Waals surface area contributed by atoms with Crippen LogP contribution in [-0.4, -0.2) is 32.0 Å². The zero-order chi connectivity index (χ0) is 11.7. The highest BCUT2D eigenvalue weighted by molar-refractivity contribution is 5.71. The third kappa shape index (κ3) is 1.69. The molecule has 3 aromatic rings. The highest BCUT2D eigenvalue weighted by Crippen LogP contribution is 2.19. The van der Waals surface area contributed by atoms with Gasteiger partial charge >= 0.3 is 0 Å². The molecule has 6 nitrogen and oxygen atoms in total. The maximum Gasteiger partial charge on any atom is 0.163 e. The minimum atomic E-state index is 0.591. The molecule has 0 spiro atoms. The Morgan fingerprint density at radius 1 is 1.18 bits per heavy atom. The summed E-state index contributed by atoms with van der Waals surface area (Å²) in [5.41, 5.74) is 2.25. The van der Waals surface area contributed by atoms with Crippen LogP contribution in [0.4, 0.5) is 0 Å². The number of fused-ring (bicyclic) bond motifs is 1. The van der Waals surface area contributed by atoms with E-state index in [-0.39, 0.29) is 0 Å². The number of aromatic nitrogens is 5. The molecule has 3 aromatic heterocycles. The lowest BCUT2D eigenvalue weighted by Crippen LogP contribution is -1.91. The van der Waals surface area contributed by atoms with E-state index in [1.807, 2.05) is 6.07 Å². The summed E-state index contributed by atoms with van der Waals surface area (Å²) in [6, 6.07) is 1.84. The Hall–Kier alpha value is -2.50. The molecule has 0 aliphatic carbocycles. The van der Waals surface area contributed by atoms with E-state index in [9.17, 15) is 0 Å². The smallest absolute Gasteiger partial charge is 0.163 e. The van der Waals surface area contributed by atoms with E-state index in [4.69, 9.17) is 4.74 Å². The van der Waals surface area contributed by atoms with Gasteiger partial charge in [-0.25, -0.2) is 15.0 Å². The van der Waals surface area contributed by atoms with Gasteiger partial charge in [0.05, 0.1) is 25.8 Å². The van der Waals surface area contributed by atoms with E-state index in [2.05, 4.69) is 24.9 Å². The minimum Gasteiger partial charge on any atom is -0.495 e. The highest BCUT2D eigenvalue weighted by atomic mass is 16.5. The lowest BCUT2D eigenvalue weighted by atomic mass is 10.2. The number of nitrogens with zero attached hydrogens (tertiary/aromatic N) is 4. The van der Waals surface area contributed by atoms with Gasteiger partial charge in [0.15, 0.2) is 11.5 Å². The van der Waals surface area contributed by atoms with E-state index in [1.165, 1.54) is 0 Å². The number of aromatic amines is 1. The summed E-state index contributed by atoms with van der Waals surface area (Å²) in [4.78, 5) is 19.7. The molecule has 0 fully saturated rings. The molecule has 0 atom stereocenters. The molecule has 3 rings (SSSR count). The molecule has 3 heterocycles. The van der Waals surface area contributed by atoms with Crippen LogP contribution in [0.15, 0.2) is 31.0 Å². The van der Waals surface area contributed by atoms with Gasteiger partial charge in [0.1, 0.15) is 11.3 Å². The summed E-state index contributed by atoms with van der Waals surface area (Å²) in [5.74, 6) is 1.27. The summed E-state index contributed by atoms with van der Waals surface area (Å²) in [5, 5.41) is 0. The van der Waals surface area contributed by atoms with Crippen LogP contribution in [0.2, 0.25) is 0 Å². The second kappa shape index (κ2) is 3.82. The van der Waals surface area contributed by atoms with Gasteiger partial charge in [-0.3, -0.25) is 4.98 Å². The monoisotopic (exact) mass is 227 g/mol. The van der Waals surface area contributed by atoms with Crippen molar-refractivity contribution >= 4 is 11.2 Å². The van der Waals surface area contributed by atoms with Gasteiger partial charge in [0.2, 0.25) is 0 Å². The van der Waals surface area contributed by atoms with E-state index < -0.39 is 0 Å². The molecule has 0 amide bonds. The van der Waals surface area contributed by atoms with E-state index >= 15 is 0 Å². The first-order valence-electron chi connectivity index (χ1n) is 5.02. The molecule has 0 saturated heterocycles. The van der Waals surface area contributed by atoms with E-state index in [0.717, 1.165) is 11.1 Å². The van der Waals surface area contributed by atoms with Crippen molar-refractivity contribution in [3.05, 3.63) is 31.0 Å². The quantitative estimate of drug-likeness (QED) is 0.716. The van der Waals surface area contributed by atoms with Gasteiger partial charge in [0.25, 0.3) is 0 Å². The number of imidazole rings is 1. The molecular formula is C11H9N5O. The predicted molar refractivity (Wildman–Crippen MR) is 61.5 cm³/mol. The second-order valence-electron chi connectivity index (χ2n) is 3.44. The van der Waals surface area contributed by atoms with Crippen LogP contribution in [0.25, 0.3) is 22.6 Å². The van der Waals surface area contributed by atoms with Crippen LogP contribution in [0.1, 0.15) is 0 Å². The Balaban J connectivity index is 2.12. The van der Waals surface area contributed by atoms with Crippen molar-refractivity contribution in [1.29, 1.82) is 0 Å². The topological polar surface area (TPSA) is 76.6 Å². The zero-order valence-electron chi connectivity index (χ0n) is 9.08. The third-order valence-electron chi connectivity index (χ3n) is 2.38. The first kappa shape index (κ1) is 9.71. The summed E-state index contributed by atoms with van der Waals surface area (Å²) in [6.07, 6.45) is 6.60. The van der Waals surface area contributed by atoms with Gasteiger partial charge in [-0.2, -0.15) is 0 Å². The number of hydrogen-bond acceptors (Lipinski definition) is 5. The summed E-state index contributed by atoms with van der Waals surface area (Å²) in [7, 11) is 1.60. The summed E-state index contributed by atoms with van der Waals surface area (Å²) < 4.78 is 5.11. The van der Waals surface area contributed by atoms with Gasteiger partial charge < -0.3 is 9.72 Å². The predicted octanol–water partition coefficient (Wildman–Crippen LogP) is 1.42. The summed E-state index contributed by atoms with van der Waals surface area (Å²) >= 11 is 0. The third-order valence-corrected chi connectivity index (χ3v) is 2.38. The van der Waals surface area contributed by atoms with Crippen LogP contribution in [0, 0.1) is 0 Å². The number of methoxy groups -OCH3 is 1. The van der Waals surface area contributed by atoms with Gasteiger partial charge in [-0.15, -0.1) is 0 Å². The number of H-pyrrole nitrogens is 1. The maximum atomic E-state index is 5.11. The second-order valence-corrected chi connectivity index (χ2v) is 3.44. The maximum absolute atomic E-state index is 5.11. The number of rotatable bonds is 2. The van der Waals surface area contributed by atoms with Crippen molar-refractivity contribution in [3.8, 4) is 17.1 Å². The average Bonchev–Trinajstić information content (AvgIpc) is 2.86. The highest BCUT2D eigenvalue weighted by Gasteiger charge is 2.05. The van der Waals surface area contributed by atoms with Crippen molar-refractivity contribution in [3.63, 3.8) is 0 Å². The number of hydrogen-bond donors (Lipinski definition) is 1. The van der Waals surface area contributed by atoms with Crippen molar-refractivity contribution in [1.82, 2.24) is 24.9 Å². The van der Waals surface area contributed by atoms with E-state index in [0.29, 0.717) is 17.2 Å². The van der Waals surface area contributed by atoms with Crippen LogP contribution in [0.5, 0.6) is 5.75 Å². The first-order valence-corrected chi connectivity index (χ1v) is 5.02. The number of pyridine rings is 1. The van der Waals surface area contributed by atoms with Crippen molar-refractivity contribution in [2.45, 2.75) is 0 Å². The lowest BCUT2D eigenvalue weighted by Gasteiger charge is -2.02. The standard InChI is InChI=1S/C11H9N5O/c1-17-8-2-7(3-12-4-8)10-13-5-9-11(16-10)15-6-14-9/h2-6H,1H3,(H,13,14,15,16). The Morgan fingerprint density at radius 2 is 2.12 bits per heavy atom. The molecule has 0 aliphatic rings. The van der Waals surface area contributed by atoms with Crippen LogP contribution < -0.4 is 4.74 Å². The Bertz CT molecular complexity index is 664. The Kier molecular flexibility index (Phi) is 2.18. The molecule has 84 valence electrons. The van der Waals surface area contributed by atoms with Crippen molar-refractivity contribution in [2.75, 3.05) is 7.11 Å². The van der Waals surface area contributed by atoms with Gasteiger partial charge in [0, 0.05) is 11.8 Å². The Labute approximate surface area is 96.7 Å². The van der Waals surface area contributed by atoms with Crippen LogP contribution in [-0.2, 0) is 0 Å². The van der Waals surface area contributed by atoms with E-state index in [1.54, 1.807) is 32.0 Å². The molecule has 0 aromatic carbocycles. The molecule has 0 bridgehead atoms. The normalized spacial score (nSPS) is 10.6. The molecule has 6 heteroatoms. The van der Waals surface area contributed by atoms with Crippen molar-refractivity contribution in [2.24, 2.45) is 0 Å². The SMILES string of the molecule is COc1cncc(-c2ncc3nc[nH]c3n2)c1. The van der Waals surface area contributed by atoms with Gasteiger partial charge in [-0.1, -0.05) is 0 Å². The fourth-order valence-electron chi connectivity index (χ4n) is 1.53. The molecule has 0 aliphatic heterocycles. The Morgan fingerprint density at radius 3 is 3.00 bits per heavy atom. The first-order chi connectivity index (χ1) is 8.36.